The molecule has 1 aromatic heterocycles. The molecule has 3 atom stereocenters. The Labute approximate surface area is 229 Å². The van der Waals surface area contributed by atoms with Crippen molar-refractivity contribution in [2.75, 3.05) is 0 Å². The SMILES string of the molecule is C[C@H](NC(=O)[C@]1(C)NC(=O)CCC1=O)C(=O)N[C@@H](Cc1ccccc1)C(=O)NCc1cc2ccccc2oc1=O. The summed E-state index contributed by atoms with van der Waals surface area (Å²) in [4.78, 5) is 75.7. The summed E-state index contributed by atoms with van der Waals surface area (Å²) in [5.41, 5.74) is -0.933. The molecule has 11 heteroatoms. The van der Waals surface area contributed by atoms with Crippen molar-refractivity contribution in [2.24, 2.45) is 0 Å². The van der Waals surface area contributed by atoms with Gasteiger partial charge in [0.05, 0.1) is 12.1 Å². The molecule has 0 spiro atoms. The molecule has 4 N–H and O–H groups in total. The Kier molecular flexibility index (Phi) is 8.42. The number of para-hydroxylation sites is 1. The molecule has 1 aliphatic heterocycles. The van der Waals surface area contributed by atoms with Gasteiger partial charge < -0.3 is 25.7 Å². The highest BCUT2D eigenvalue weighted by Gasteiger charge is 2.45. The molecule has 2 heterocycles. The normalized spacial score (nSPS) is 18.4. The largest absolute Gasteiger partial charge is 0.422 e. The zero-order chi connectivity index (χ0) is 28.9. The lowest BCUT2D eigenvalue weighted by Crippen LogP contribution is -2.66. The van der Waals surface area contributed by atoms with Crippen LogP contribution in [-0.2, 0) is 36.9 Å². The average Bonchev–Trinajstić information content (AvgIpc) is 2.93. The maximum Gasteiger partial charge on any atom is 0.341 e. The van der Waals surface area contributed by atoms with Gasteiger partial charge in [-0.1, -0.05) is 48.5 Å². The van der Waals surface area contributed by atoms with E-state index in [1.54, 1.807) is 54.6 Å². The van der Waals surface area contributed by atoms with Crippen LogP contribution in [0.1, 0.15) is 37.8 Å². The van der Waals surface area contributed by atoms with Crippen LogP contribution in [0, 0.1) is 0 Å². The second-order valence-electron chi connectivity index (χ2n) is 9.86. The second-order valence-corrected chi connectivity index (χ2v) is 9.86. The molecule has 3 aromatic rings. The van der Waals surface area contributed by atoms with Crippen LogP contribution in [0.2, 0.25) is 0 Å². The lowest BCUT2D eigenvalue weighted by atomic mass is 9.88. The molecule has 0 radical (unpaired) electrons. The monoisotopic (exact) mass is 546 g/mol. The van der Waals surface area contributed by atoms with E-state index in [2.05, 4.69) is 21.3 Å². The number of carbonyl (C=O) groups is 5. The lowest BCUT2D eigenvalue weighted by molar-refractivity contribution is -0.145. The Balaban J connectivity index is 1.45. The minimum absolute atomic E-state index is 0.00480. The molecule has 2 aromatic carbocycles. The highest BCUT2D eigenvalue weighted by molar-refractivity contribution is 6.15. The highest BCUT2D eigenvalue weighted by Crippen LogP contribution is 2.16. The predicted molar refractivity (Wildman–Crippen MR) is 145 cm³/mol. The molecule has 1 aliphatic rings. The number of fused-ring (bicyclic) bond motifs is 1. The summed E-state index contributed by atoms with van der Waals surface area (Å²) in [6.07, 6.45) is 0.0536. The number of hydrogen-bond acceptors (Lipinski definition) is 7. The molecule has 208 valence electrons. The Bertz CT molecular complexity index is 1520. The number of hydrogen-bond donors (Lipinski definition) is 4. The topological polar surface area (TPSA) is 164 Å². The third-order valence-corrected chi connectivity index (χ3v) is 6.80. The number of rotatable bonds is 9. The van der Waals surface area contributed by atoms with Crippen molar-refractivity contribution < 1.29 is 28.4 Å². The molecule has 0 unspecified atom stereocenters. The van der Waals surface area contributed by atoms with Crippen molar-refractivity contribution in [3.8, 4) is 0 Å². The van der Waals surface area contributed by atoms with Crippen molar-refractivity contribution in [3.05, 3.63) is 82.2 Å². The Morgan fingerprint density at radius 2 is 1.65 bits per heavy atom. The number of ketones is 1. The minimum Gasteiger partial charge on any atom is -0.422 e. The van der Waals surface area contributed by atoms with E-state index in [9.17, 15) is 28.8 Å². The zero-order valence-corrected chi connectivity index (χ0v) is 22.1. The first-order valence-electron chi connectivity index (χ1n) is 12.9. The molecule has 11 nitrogen and oxygen atoms in total. The molecular formula is C29H30N4O7. The van der Waals surface area contributed by atoms with Gasteiger partial charge in [0.25, 0.3) is 5.91 Å². The Morgan fingerprint density at radius 3 is 2.40 bits per heavy atom. The molecule has 4 amide bonds. The van der Waals surface area contributed by atoms with Gasteiger partial charge in [0.15, 0.2) is 11.3 Å². The van der Waals surface area contributed by atoms with Crippen LogP contribution in [0.25, 0.3) is 11.0 Å². The zero-order valence-electron chi connectivity index (χ0n) is 22.1. The number of carbonyl (C=O) groups excluding carboxylic acids is 5. The first-order chi connectivity index (χ1) is 19.1. The average molecular weight is 547 g/mol. The predicted octanol–water partition coefficient (Wildman–Crippen LogP) is 0.879. The molecule has 0 aliphatic carbocycles. The third kappa shape index (κ3) is 6.42. The number of nitrogens with one attached hydrogen (secondary N) is 4. The number of piperidine rings is 1. The fourth-order valence-corrected chi connectivity index (χ4v) is 4.37. The van der Waals surface area contributed by atoms with Crippen molar-refractivity contribution in [2.45, 2.75) is 57.3 Å². The summed E-state index contributed by atoms with van der Waals surface area (Å²) in [7, 11) is 0. The van der Waals surface area contributed by atoms with E-state index in [1.807, 2.05) is 6.07 Å². The standard InChI is InChI=1S/C29H30N4O7/c1-17(31-28(39)29(2)23(34)12-13-24(35)33-29)25(36)32-21(14-18-8-4-3-5-9-18)26(37)30-16-20-15-19-10-6-7-11-22(19)40-27(20)38/h3-11,15,17,21H,12-14,16H2,1-2H3,(H,30,37)(H,31,39)(H,32,36)(H,33,35)/t17-,21-,29+/m0/s1. The van der Waals surface area contributed by atoms with Gasteiger partial charge in [0.1, 0.15) is 17.7 Å². The molecule has 0 saturated carbocycles. The van der Waals surface area contributed by atoms with Gasteiger partial charge in [-0.15, -0.1) is 0 Å². The molecule has 4 rings (SSSR count). The molecule has 40 heavy (non-hydrogen) atoms. The van der Waals surface area contributed by atoms with E-state index in [1.165, 1.54) is 13.8 Å². The Hall–Kier alpha value is -4.80. The van der Waals surface area contributed by atoms with E-state index >= 15 is 0 Å². The Morgan fingerprint density at radius 1 is 0.950 bits per heavy atom. The van der Waals surface area contributed by atoms with Crippen LogP contribution < -0.4 is 26.9 Å². The first kappa shape index (κ1) is 28.2. The van der Waals surface area contributed by atoms with Crippen LogP contribution in [0.5, 0.6) is 0 Å². The van der Waals surface area contributed by atoms with Gasteiger partial charge in [-0.2, -0.15) is 0 Å². The molecule has 0 bridgehead atoms. The van der Waals surface area contributed by atoms with Crippen LogP contribution in [0.3, 0.4) is 0 Å². The van der Waals surface area contributed by atoms with Crippen LogP contribution in [-0.4, -0.2) is 47.0 Å². The fraction of sp³-hybridized carbons (Fsp3) is 0.310. The fourth-order valence-electron chi connectivity index (χ4n) is 4.37. The van der Waals surface area contributed by atoms with Crippen molar-refractivity contribution in [1.29, 1.82) is 0 Å². The van der Waals surface area contributed by atoms with Crippen LogP contribution >= 0.6 is 0 Å². The summed E-state index contributed by atoms with van der Waals surface area (Å²) in [5.74, 6) is -2.94. The summed E-state index contributed by atoms with van der Waals surface area (Å²) in [5, 5.41) is 10.9. The third-order valence-electron chi connectivity index (χ3n) is 6.80. The highest BCUT2D eigenvalue weighted by atomic mass is 16.4. The van der Waals surface area contributed by atoms with Gasteiger partial charge in [-0.05, 0) is 31.5 Å². The molecular weight excluding hydrogens is 516 g/mol. The van der Waals surface area contributed by atoms with Gasteiger partial charge in [0.2, 0.25) is 17.7 Å². The number of Topliss-reactive ketones (excluding diaryl/α,β-unsaturated/α-hetero) is 1. The van der Waals surface area contributed by atoms with Gasteiger partial charge in [-0.3, -0.25) is 24.0 Å². The van der Waals surface area contributed by atoms with E-state index in [0.717, 1.165) is 5.56 Å². The maximum atomic E-state index is 13.2. The first-order valence-corrected chi connectivity index (χ1v) is 12.9. The van der Waals surface area contributed by atoms with Gasteiger partial charge in [0, 0.05) is 24.6 Å². The van der Waals surface area contributed by atoms with Crippen LogP contribution in [0.4, 0.5) is 0 Å². The molecule has 1 saturated heterocycles. The minimum atomic E-state index is -1.79. The second kappa shape index (κ2) is 11.9. The van der Waals surface area contributed by atoms with Gasteiger partial charge in [-0.25, -0.2) is 4.79 Å². The number of benzene rings is 2. The molecule has 1 fully saturated rings. The van der Waals surface area contributed by atoms with Crippen molar-refractivity contribution in [1.82, 2.24) is 21.3 Å². The summed E-state index contributed by atoms with van der Waals surface area (Å²) in [6, 6.07) is 15.5. The van der Waals surface area contributed by atoms with Crippen molar-refractivity contribution >= 4 is 40.4 Å². The van der Waals surface area contributed by atoms with E-state index < -0.39 is 52.7 Å². The van der Waals surface area contributed by atoms with E-state index in [4.69, 9.17) is 4.42 Å². The van der Waals surface area contributed by atoms with E-state index in [0.29, 0.717) is 11.0 Å². The number of amides is 4. The van der Waals surface area contributed by atoms with E-state index in [-0.39, 0.29) is 31.4 Å². The van der Waals surface area contributed by atoms with Crippen LogP contribution in [0.15, 0.2) is 69.9 Å². The summed E-state index contributed by atoms with van der Waals surface area (Å²) >= 11 is 0. The smallest absolute Gasteiger partial charge is 0.341 e. The quantitative estimate of drug-likeness (QED) is 0.229. The summed E-state index contributed by atoms with van der Waals surface area (Å²) < 4.78 is 5.32. The lowest BCUT2D eigenvalue weighted by Gasteiger charge is -2.32. The van der Waals surface area contributed by atoms with Gasteiger partial charge >= 0.3 is 5.63 Å². The van der Waals surface area contributed by atoms with Crippen molar-refractivity contribution in [3.63, 3.8) is 0 Å². The maximum absolute atomic E-state index is 13.2. The summed E-state index contributed by atoms with van der Waals surface area (Å²) in [6.45, 7) is 2.57.